The molecule has 1 aliphatic carbocycles. The van der Waals surface area contributed by atoms with Gasteiger partial charge >= 0.3 is 23.9 Å². The van der Waals surface area contributed by atoms with E-state index < -0.39 is 23.9 Å². The summed E-state index contributed by atoms with van der Waals surface area (Å²) in [5.41, 5.74) is 6.46. The van der Waals surface area contributed by atoms with Crippen molar-refractivity contribution >= 4 is 23.9 Å². The lowest BCUT2D eigenvalue weighted by Gasteiger charge is -2.10. The maximum atomic E-state index is 13.0. The zero-order valence-corrected chi connectivity index (χ0v) is 28.2. The highest BCUT2D eigenvalue weighted by Gasteiger charge is 2.27. The van der Waals surface area contributed by atoms with Crippen LogP contribution in [-0.2, 0) is 23.7 Å². The fraction of sp³-hybridized carbons (Fsp3) is 0.250. The molecule has 0 spiro atoms. The first-order valence-electron chi connectivity index (χ1n) is 16.2. The van der Waals surface area contributed by atoms with E-state index in [0.717, 1.165) is 27.8 Å². The highest BCUT2D eigenvalue weighted by molar-refractivity contribution is 5.94. The topological polar surface area (TPSA) is 124 Å². The summed E-state index contributed by atoms with van der Waals surface area (Å²) < 4.78 is 32.2. The molecule has 0 saturated carbocycles. The summed E-state index contributed by atoms with van der Waals surface area (Å²) in [6.07, 6.45) is 0. The standard InChI is InChI=1S/C40H38O10/c1-25(2)37(41)47-21-19-45-17-18-46-20-22-48-38(42)28-9-11-30(12-10-28)40(44)50-32-14-16-34-33-15-13-31(23-35(33)27(4)36(34)24-32)49-39(43)29-7-5-26(3)6-8-29/h5-16,23-24,27H,1,17-22H2,2-4H3. The summed E-state index contributed by atoms with van der Waals surface area (Å²) in [7, 11) is 0. The van der Waals surface area contributed by atoms with Gasteiger partial charge in [0.15, 0.2) is 0 Å². The zero-order chi connectivity index (χ0) is 35.6. The SMILES string of the molecule is C=C(C)C(=O)OCCOCCOCCOC(=O)c1ccc(C(=O)Oc2ccc3c(c2)C(C)c2cc(OC(=O)c4ccc(C)cc4)ccc2-3)cc1. The van der Waals surface area contributed by atoms with E-state index >= 15 is 0 Å². The molecule has 0 aromatic heterocycles. The molecule has 5 rings (SSSR count). The van der Waals surface area contributed by atoms with E-state index in [0.29, 0.717) is 29.2 Å². The van der Waals surface area contributed by atoms with Crippen molar-refractivity contribution in [1.82, 2.24) is 0 Å². The lowest BCUT2D eigenvalue weighted by atomic mass is 9.99. The van der Waals surface area contributed by atoms with Gasteiger partial charge in [-0.05, 0) is 96.8 Å². The molecule has 0 heterocycles. The Morgan fingerprint density at radius 2 is 1.00 bits per heavy atom. The maximum absolute atomic E-state index is 13.0. The molecule has 1 aliphatic rings. The van der Waals surface area contributed by atoms with Crippen LogP contribution in [0.5, 0.6) is 11.5 Å². The van der Waals surface area contributed by atoms with Gasteiger partial charge in [0, 0.05) is 11.5 Å². The number of carbonyl (C=O) groups excluding carboxylic acids is 4. The van der Waals surface area contributed by atoms with Crippen molar-refractivity contribution in [3.63, 3.8) is 0 Å². The van der Waals surface area contributed by atoms with Gasteiger partial charge in [-0.1, -0.05) is 43.3 Å². The van der Waals surface area contributed by atoms with E-state index in [1.165, 1.54) is 24.3 Å². The second kappa shape index (κ2) is 16.7. The average molecular weight is 679 g/mol. The molecule has 10 nitrogen and oxygen atoms in total. The van der Waals surface area contributed by atoms with Crippen molar-refractivity contribution in [3.05, 3.63) is 130 Å². The van der Waals surface area contributed by atoms with Crippen LogP contribution in [0, 0.1) is 6.92 Å². The van der Waals surface area contributed by atoms with Gasteiger partial charge in [-0.3, -0.25) is 0 Å². The minimum Gasteiger partial charge on any atom is -0.460 e. The van der Waals surface area contributed by atoms with Gasteiger partial charge in [-0.25, -0.2) is 19.2 Å². The Balaban J connectivity index is 1.06. The lowest BCUT2D eigenvalue weighted by molar-refractivity contribution is -0.140. The number of rotatable bonds is 15. The van der Waals surface area contributed by atoms with Gasteiger partial charge in [0.25, 0.3) is 0 Å². The van der Waals surface area contributed by atoms with Crippen molar-refractivity contribution in [2.45, 2.75) is 26.7 Å². The van der Waals surface area contributed by atoms with Crippen LogP contribution >= 0.6 is 0 Å². The van der Waals surface area contributed by atoms with Crippen LogP contribution in [-0.4, -0.2) is 63.5 Å². The van der Waals surface area contributed by atoms with E-state index in [2.05, 4.69) is 13.5 Å². The summed E-state index contributed by atoms with van der Waals surface area (Å²) >= 11 is 0. The molecule has 258 valence electrons. The number of fused-ring (bicyclic) bond motifs is 3. The Hall–Kier alpha value is -5.58. The molecule has 1 atom stereocenters. The molecule has 1 unspecified atom stereocenters. The summed E-state index contributed by atoms with van der Waals surface area (Å²) in [5.74, 6) is -1.18. The first-order chi connectivity index (χ1) is 24.1. The second-order valence-electron chi connectivity index (χ2n) is 11.7. The average Bonchev–Trinajstić information content (AvgIpc) is 3.39. The van der Waals surface area contributed by atoms with E-state index in [1.807, 2.05) is 43.3 Å². The number of hydrogen-bond acceptors (Lipinski definition) is 10. The zero-order valence-electron chi connectivity index (χ0n) is 28.2. The van der Waals surface area contributed by atoms with E-state index in [4.69, 9.17) is 28.4 Å². The normalized spacial score (nSPS) is 12.7. The summed E-state index contributed by atoms with van der Waals surface area (Å²) in [4.78, 5) is 49.3. The highest BCUT2D eigenvalue weighted by Crippen LogP contribution is 2.47. The van der Waals surface area contributed by atoms with Crippen LogP contribution in [0.1, 0.15) is 67.5 Å². The fourth-order valence-electron chi connectivity index (χ4n) is 5.26. The Labute approximate surface area is 290 Å². The number of carbonyl (C=O) groups is 4. The van der Waals surface area contributed by atoms with Crippen molar-refractivity contribution in [2.75, 3.05) is 39.6 Å². The highest BCUT2D eigenvalue weighted by atomic mass is 16.6. The molecule has 0 saturated heterocycles. The van der Waals surface area contributed by atoms with Crippen LogP contribution in [0.2, 0.25) is 0 Å². The predicted molar refractivity (Wildman–Crippen MR) is 185 cm³/mol. The number of esters is 4. The number of aryl methyl sites for hydroxylation is 1. The maximum Gasteiger partial charge on any atom is 0.343 e. The molecule has 4 aromatic carbocycles. The number of hydrogen-bond donors (Lipinski definition) is 0. The molecule has 0 fully saturated rings. The molecule has 0 radical (unpaired) electrons. The summed E-state index contributed by atoms with van der Waals surface area (Å²) in [5, 5.41) is 0. The van der Waals surface area contributed by atoms with E-state index in [-0.39, 0.29) is 50.1 Å². The van der Waals surface area contributed by atoms with Crippen molar-refractivity contribution in [1.29, 1.82) is 0 Å². The van der Waals surface area contributed by atoms with Gasteiger partial charge in [-0.15, -0.1) is 0 Å². The quantitative estimate of drug-likeness (QED) is 0.0569. The molecular weight excluding hydrogens is 640 g/mol. The minimum atomic E-state index is -0.567. The van der Waals surface area contributed by atoms with Gasteiger partial charge in [0.05, 0.1) is 43.1 Å². The molecule has 0 N–H and O–H groups in total. The van der Waals surface area contributed by atoms with Crippen LogP contribution in [0.3, 0.4) is 0 Å². The smallest absolute Gasteiger partial charge is 0.343 e. The lowest BCUT2D eigenvalue weighted by Crippen LogP contribution is -2.15. The summed E-state index contributed by atoms with van der Waals surface area (Å²) in [6, 6.07) is 24.3. The largest absolute Gasteiger partial charge is 0.460 e. The first-order valence-corrected chi connectivity index (χ1v) is 16.2. The van der Waals surface area contributed by atoms with Crippen LogP contribution in [0.25, 0.3) is 11.1 Å². The third-order valence-corrected chi connectivity index (χ3v) is 7.98. The van der Waals surface area contributed by atoms with E-state index in [9.17, 15) is 19.2 Å². The minimum absolute atomic E-state index is 0.0225. The van der Waals surface area contributed by atoms with Crippen LogP contribution < -0.4 is 9.47 Å². The number of benzene rings is 4. The van der Waals surface area contributed by atoms with Gasteiger partial charge in [0.1, 0.15) is 24.7 Å². The molecular formula is C40H38O10. The molecule has 0 bridgehead atoms. The molecule has 4 aromatic rings. The van der Waals surface area contributed by atoms with Crippen molar-refractivity contribution < 1.29 is 47.6 Å². The van der Waals surface area contributed by atoms with Gasteiger partial charge in [0.2, 0.25) is 0 Å². The predicted octanol–water partition coefficient (Wildman–Crippen LogP) is 6.87. The molecule has 10 heteroatoms. The molecule has 0 aliphatic heterocycles. The molecule has 0 amide bonds. The third kappa shape index (κ3) is 9.10. The molecule has 50 heavy (non-hydrogen) atoms. The fourth-order valence-corrected chi connectivity index (χ4v) is 5.26. The Morgan fingerprint density at radius 1 is 0.580 bits per heavy atom. The van der Waals surface area contributed by atoms with Crippen LogP contribution in [0.4, 0.5) is 0 Å². The van der Waals surface area contributed by atoms with Crippen molar-refractivity contribution in [2.24, 2.45) is 0 Å². The van der Waals surface area contributed by atoms with Gasteiger partial charge in [-0.2, -0.15) is 0 Å². The van der Waals surface area contributed by atoms with Crippen LogP contribution in [0.15, 0.2) is 97.1 Å². The van der Waals surface area contributed by atoms with Crippen molar-refractivity contribution in [3.8, 4) is 22.6 Å². The monoisotopic (exact) mass is 678 g/mol. The Kier molecular flexibility index (Phi) is 11.9. The van der Waals surface area contributed by atoms with E-state index in [1.54, 1.807) is 31.2 Å². The summed E-state index contributed by atoms with van der Waals surface area (Å²) in [6.45, 7) is 10.2. The second-order valence-corrected chi connectivity index (χ2v) is 11.7. The Morgan fingerprint density at radius 3 is 1.48 bits per heavy atom. The first kappa shape index (κ1) is 35.7. The number of ether oxygens (including phenoxy) is 6. The third-order valence-electron chi connectivity index (χ3n) is 7.98. The Bertz CT molecular complexity index is 1880. The van der Waals surface area contributed by atoms with Gasteiger partial charge < -0.3 is 28.4 Å².